The molecule has 0 aliphatic carbocycles. The molecule has 0 amide bonds. The van der Waals surface area contributed by atoms with Crippen LogP contribution in [0.5, 0.6) is 0 Å². The molecule has 0 bridgehead atoms. The Morgan fingerprint density at radius 2 is 1.95 bits per heavy atom. The molecule has 0 radical (unpaired) electrons. The average Bonchev–Trinajstić information content (AvgIpc) is 2.70. The molecule has 0 aromatic heterocycles. The first kappa shape index (κ1) is 13.9. The van der Waals surface area contributed by atoms with Crippen molar-refractivity contribution in [3.8, 4) is 0 Å². The molecule has 0 atom stereocenters. The van der Waals surface area contributed by atoms with Crippen molar-refractivity contribution in [3.63, 3.8) is 0 Å². The van der Waals surface area contributed by atoms with Gasteiger partial charge in [0.25, 0.3) is 10.1 Å². The monoisotopic (exact) mass is 284 g/mol. The minimum atomic E-state index is -4.24. The topological polar surface area (TPSA) is 103 Å². The molecule has 0 unspecified atom stereocenters. The fraction of sp³-hybridized carbons (Fsp3) is 0.364. The van der Waals surface area contributed by atoms with Gasteiger partial charge in [0.15, 0.2) is 5.66 Å². The third kappa shape index (κ3) is 2.02. The quantitative estimate of drug-likeness (QED) is 0.459. The molecule has 1 aliphatic heterocycles. The van der Waals surface area contributed by atoms with Crippen molar-refractivity contribution in [2.45, 2.75) is 10.6 Å². The molecule has 1 heterocycles. The van der Waals surface area contributed by atoms with Crippen molar-refractivity contribution in [1.82, 2.24) is 10.6 Å². The van der Waals surface area contributed by atoms with Gasteiger partial charge in [-0.15, -0.1) is 0 Å². The molecule has 1 aromatic carbocycles. The fourth-order valence-corrected chi connectivity index (χ4v) is 2.81. The molecule has 1 aromatic rings. The van der Waals surface area contributed by atoms with Crippen LogP contribution in [0.4, 0.5) is 5.69 Å². The second-order valence-electron chi connectivity index (χ2n) is 4.13. The number of benzene rings is 1. The van der Waals surface area contributed by atoms with E-state index in [1.165, 1.54) is 12.1 Å². The zero-order chi connectivity index (χ0) is 14.3. The lowest BCUT2D eigenvalue weighted by Crippen LogP contribution is -2.55. The summed E-state index contributed by atoms with van der Waals surface area (Å²) in [5.74, 6) is 0.625. The normalized spacial score (nSPS) is 19.3. The van der Waals surface area contributed by atoms with Gasteiger partial charge in [0, 0.05) is 18.3 Å². The fourth-order valence-electron chi connectivity index (χ4n) is 2.31. The summed E-state index contributed by atoms with van der Waals surface area (Å²) in [4.78, 5) is 4.01. The molecular weight excluding hydrogens is 268 g/mol. The van der Waals surface area contributed by atoms with Crippen LogP contribution in [0, 0.1) is 0 Å². The number of nitrogens with zero attached hydrogens (tertiary/aromatic N) is 1. The van der Waals surface area contributed by atoms with E-state index < -0.39 is 15.8 Å². The van der Waals surface area contributed by atoms with Crippen LogP contribution in [0.1, 0.15) is 5.56 Å². The number of anilines is 1. The Labute approximate surface area is 111 Å². The van der Waals surface area contributed by atoms with E-state index in [-0.39, 0.29) is 4.90 Å². The first-order valence-electron chi connectivity index (χ1n) is 5.63. The number of nitrogens with one attached hydrogen (secondary N) is 3. The maximum Gasteiger partial charge on any atom is 0.294 e. The van der Waals surface area contributed by atoms with Crippen molar-refractivity contribution in [2.75, 3.05) is 26.5 Å². The molecule has 104 valence electrons. The van der Waals surface area contributed by atoms with E-state index in [0.29, 0.717) is 11.4 Å². The standard InChI is InChI=1S/C11H16N4O3S/c1-12-10-11(13-2,14-3)8-6-7(19(16,17)18)4-5-9(8)15-10/h4-6,13-14H,1-3H3,(H,12,15)(H,16,17,18). The summed E-state index contributed by atoms with van der Waals surface area (Å²) in [5.41, 5.74) is 0.593. The minimum Gasteiger partial charge on any atom is -0.341 e. The van der Waals surface area contributed by atoms with Crippen molar-refractivity contribution >= 4 is 21.6 Å². The SMILES string of the molecule is CN=C1Nc2ccc(S(=O)(=O)O)cc2C1(NC)NC. The largest absolute Gasteiger partial charge is 0.341 e. The summed E-state index contributed by atoms with van der Waals surface area (Å²) < 4.78 is 31.6. The zero-order valence-corrected chi connectivity index (χ0v) is 11.7. The lowest BCUT2D eigenvalue weighted by atomic mass is 10.0. The summed E-state index contributed by atoms with van der Waals surface area (Å²) in [6, 6.07) is 4.36. The second kappa shape index (κ2) is 4.57. The summed E-state index contributed by atoms with van der Waals surface area (Å²) in [6.07, 6.45) is 0. The van der Waals surface area contributed by atoms with Crippen LogP contribution >= 0.6 is 0 Å². The molecule has 7 nitrogen and oxygen atoms in total. The van der Waals surface area contributed by atoms with Gasteiger partial charge in [-0.3, -0.25) is 20.2 Å². The van der Waals surface area contributed by atoms with Gasteiger partial charge in [0.1, 0.15) is 5.84 Å². The van der Waals surface area contributed by atoms with E-state index in [1.807, 2.05) is 0 Å². The highest BCUT2D eigenvalue weighted by Gasteiger charge is 2.42. The van der Waals surface area contributed by atoms with Gasteiger partial charge in [0.2, 0.25) is 0 Å². The highest BCUT2D eigenvalue weighted by molar-refractivity contribution is 7.85. The molecule has 8 heteroatoms. The minimum absolute atomic E-state index is 0.153. The number of hydrogen-bond acceptors (Lipinski definition) is 5. The molecule has 0 saturated carbocycles. The number of rotatable bonds is 3. The Morgan fingerprint density at radius 1 is 1.32 bits per heavy atom. The molecule has 1 aliphatic rings. The third-order valence-electron chi connectivity index (χ3n) is 3.27. The maximum absolute atomic E-state index is 11.2. The Bertz CT molecular complexity index is 635. The van der Waals surface area contributed by atoms with Crippen LogP contribution in [0.3, 0.4) is 0 Å². The lowest BCUT2D eigenvalue weighted by Gasteiger charge is -2.29. The average molecular weight is 284 g/mol. The number of hydrogen-bond donors (Lipinski definition) is 4. The van der Waals surface area contributed by atoms with E-state index in [4.69, 9.17) is 4.55 Å². The Hall–Kier alpha value is -1.48. The van der Waals surface area contributed by atoms with Crippen LogP contribution in [0.2, 0.25) is 0 Å². The molecule has 0 saturated heterocycles. The third-order valence-corrected chi connectivity index (χ3v) is 4.12. The Kier molecular flexibility index (Phi) is 3.35. The van der Waals surface area contributed by atoms with Crippen molar-refractivity contribution in [1.29, 1.82) is 0 Å². The smallest absolute Gasteiger partial charge is 0.294 e. The number of likely N-dealkylation sites (N-methyl/N-ethyl adjacent to an activating group) is 2. The van der Waals surface area contributed by atoms with Crippen LogP contribution in [0.15, 0.2) is 28.1 Å². The van der Waals surface area contributed by atoms with Gasteiger partial charge >= 0.3 is 0 Å². The number of fused-ring (bicyclic) bond motifs is 1. The van der Waals surface area contributed by atoms with Gasteiger partial charge in [0.05, 0.1) is 4.90 Å². The van der Waals surface area contributed by atoms with Crippen molar-refractivity contribution in [3.05, 3.63) is 23.8 Å². The Morgan fingerprint density at radius 3 is 2.42 bits per heavy atom. The van der Waals surface area contributed by atoms with Crippen molar-refractivity contribution in [2.24, 2.45) is 4.99 Å². The number of amidine groups is 1. The van der Waals surface area contributed by atoms with Crippen LogP contribution in [-0.4, -0.2) is 39.9 Å². The van der Waals surface area contributed by atoms with Gasteiger partial charge in [-0.1, -0.05) is 0 Å². The van der Waals surface area contributed by atoms with E-state index in [1.54, 1.807) is 27.2 Å². The van der Waals surface area contributed by atoms with Gasteiger partial charge in [-0.05, 0) is 32.3 Å². The Balaban J connectivity index is 2.69. The second-order valence-corrected chi connectivity index (χ2v) is 5.55. The number of aliphatic imine (C=N–C) groups is 1. The summed E-state index contributed by atoms with van der Waals surface area (Å²) in [5, 5.41) is 9.27. The predicted octanol–water partition coefficient (Wildman–Crippen LogP) is -0.0213. The molecule has 2 rings (SSSR count). The van der Waals surface area contributed by atoms with Gasteiger partial charge in [-0.2, -0.15) is 8.42 Å². The zero-order valence-electron chi connectivity index (χ0n) is 10.9. The first-order valence-corrected chi connectivity index (χ1v) is 7.07. The van der Waals surface area contributed by atoms with Crippen LogP contribution in [-0.2, 0) is 15.8 Å². The summed E-state index contributed by atoms with van der Waals surface area (Å²) >= 11 is 0. The van der Waals surface area contributed by atoms with Gasteiger partial charge in [-0.25, -0.2) is 0 Å². The first-order chi connectivity index (χ1) is 8.89. The van der Waals surface area contributed by atoms with E-state index >= 15 is 0 Å². The van der Waals surface area contributed by atoms with E-state index in [0.717, 1.165) is 5.69 Å². The molecule has 0 spiro atoms. The highest BCUT2D eigenvalue weighted by Crippen LogP contribution is 2.35. The van der Waals surface area contributed by atoms with Gasteiger partial charge < -0.3 is 5.32 Å². The van der Waals surface area contributed by atoms with Crippen LogP contribution < -0.4 is 16.0 Å². The van der Waals surface area contributed by atoms with Crippen molar-refractivity contribution < 1.29 is 13.0 Å². The molecular formula is C11H16N4O3S. The van der Waals surface area contributed by atoms with E-state index in [2.05, 4.69) is 20.9 Å². The molecule has 4 N–H and O–H groups in total. The highest BCUT2D eigenvalue weighted by atomic mass is 32.2. The maximum atomic E-state index is 11.2. The summed E-state index contributed by atoms with van der Waals surface area (Å²) in [6.45, 7) is 0. The predicted molar refractivity (Wildman–Crippen MR) is 73.0 cm³/mol. The molecule has 19 heavy (non-hydrogen) atoms. The van der Waals surface area contributed by atoms with Crippen LogP contribution in [0.25, 0.3) is 0 Å². The van der Waals surface area contributed by atoms with E-state index in [9.17, 15) is 8.42 Å². The molecule has 0 fully saturated rings. The summed E-state index contributed by atoms with van der Waals surface area (Å²) in [7, 11) is 0.871. The lowest BCUT2D eigenvalue weighted by molar-refractivity contribution is 0.429.